The van der Waals surface area contributed by atoms with Crippen LogP contribution in [-0.4, -0.2) is 20.0 Å². The molecule has 0 fully saturated rings. The van der Waals surface area contributed by atoms with Gasteiger partial charge in [0.25, 0.3) is 0 Å². The van der Waals surface area contributed by atoms with E-state index in [9.17, 15) is 0 Å². The Labute approximate surface area is 116 Å². The van der Waals surface area contributed by atoms with Gasteiger partial charge in [-0.25, -0.2) is 0 Å². The zero-order valence-corrected chi connectivity index (χ0v) is 11.5. The van der Waals surface area contributed by atoms with E-state index >= 15 is 0 Å². The fourth-order valence-corrected chi connectivity index (χ4v) is 2.03. The van der Waals surface area contributed by atoms with Crippen LogP contribution >= 0.6 is 0 Å². The number of furan rings is 1. The molecule has 2 N–H and O–H groups in total. The Morgan fingerprint density at radius 1 is 1.45 bits per heavy atom. The Balaban J connectivity index is 1.61. The summed E-state index contributed by atoms with van der Waals surface area (Å²) in [6, 6.07) is 7.93. The highest BCUT2D eigenvalue weighted by atomic mass is 16.3. The number of aromatic amines is 1. The summed E-state index contributed by atoms with van der Waals surface area (Å²) in [5.74, 6) is 0.769. The number of hydrogen-bond donors (Lipinski definition) is 2. The number of nitrogens with zero attached hydrogens (tertiary/aromatic N) is 3. The first-order valence-corrected chi connectivity index (χ1v) is 6.53. The van der Waals surface area contributed by atoms with Gasteiger partial charge < -0.3 is 9.73 Å². The van der Waals surface area contributed by atoms with Gasteiger partial charge in [-0.15, -0.1) is 0 Å². The summed E-state index contributed by atoms with van der Waals surface area (Å²) in [7, 11) is 1.92. The quantitative estimate of drug-likeness (QED) is 0.746. The molecule has 0 aliphatic carbocycles. The summed E-state index contributed by atoms with van der Waals surface area (Å²) in [5, 5.41) is 15.0. The lowest BCUT2D eigenvalue weighted by molar-refractivity contribution is 0.545. The van der Waals surface area contributed by atoms with Gasteiger partial charge in [-0.2, -0.15) is 10.2 Å². The zero-order valence-electron chi connectivity index (χ0n) is 11.5. The molecule has 0 amide bonds. The summed E-state index contributed by atoms with van der Waals surface area (Å²) in [5.41, 5.74) is 2.86. The molecular formula is C14H17N5O. The molecule has 3 aromatic heterocycles. The monoisotopic (exact) mass is 271 g/mol. The predicted octanol–water partition coefficient (Wildman–Crippen LogP) is 2.25. The molecule has 1 unspecified atom stereocenters. The first-order valence-electron chi connectivity index (χ1n) is 6.53. The van der Waals surface area contributed by atoms with Gasteiger partial charge in [-0.05, 0) is 31.2 Å². The van der Waals surface area contributed by atoms with E-state index in [-0.39, 0.29) is 6.04 Å². The highest BCUT2D eigenvalue weighted by molar-refractivity contribution is 5.51. The van der Waals surface area contributed by atoms with Gasteiger partial charge in [0.15, 0.2) is 5.76 Å². The maximum atomic E-state index is 5.31. The molecular weight excluding hydrogens is 254 g/mol. The fourth-order valence-electron chi connectivity index (χ4n) is 2.03. The second kappa shape index (κ2) is 5.34. The van der Waals surface area contributed by atoms with Crippen molar-refractivity contribution < 1.29 is 4.42 Å². The van der Waals surface area contributed by atoms with Gasteiger partial charge in [-0.3, -0.25) is 9.78 Å². The van der Waals surface area contributed by atoms with E-state index in [0.717, 1.165) is 22.8 Å². The van der Waals surface area contributed by atoms with Crippen molar-refractivity contribution in [1.82, 2.24) is 25.3 Å². The Morgan fingerprint density at radius 3 is 3.05 bits per heavy atom. The molecule has 6 heteroatoms. The van der Waals surface area contributed by atoms with Crippen LogP contribution in [0.25, 0.3) is 11.5 Å². The number of H-pyrrole nitrogens is 1. The molecule has 3 aromatic rings. The lowest BCUT2D eigenvalue weighted by Crippen LogP contribution is -2.18. The van der Waals surface area contributed by atoms with E-state index in [4.69, 9.17) is 4.42 Å². The summed E-state index contributed by atoms with van der Waals surface area (Å²) < 4.78 is 7.12. The smallest absolute Gasteiger partial charge is 0.154 e. The van der Waals surface area contributed by atoms with Crippen molar-refractivity contribution in [3.8, 4) is 11.5 Å². The summed E-state index contributed by atoms with van der Waals surface area (Å²) >= 11 is 0. The van der Waals surface area contributed by atoms with Crippen molar-refractivity contribution in [1.29, 1.82) is 0 Å². The topological polar surface area (TPSA) is 71.7 Å². The highest BCUT2D eigenvalue weighted by Gasteiger charge is 2.10. The van der Waals surface area contributed by atoms with Gasteiger partial charge in [-0.1, -0.05) is 0 Å². The standard InChI is InChI=1S/C14H17N5O/c1-10(12-5-6-19(2)18-12)15-9-11-8-13(17-16-11)14-4-3-7-20-14/h3-8,10,15H,9H2,1-2H3,(H,16,17). The number of rotatable bonds is 5. The van der Waals surface area contributed by atoms with Crippen molar-refractivity contribution in [2.24, 2.45) is 7.05 Å². The van der Waals surface area contributed by atoms with Gasteiger partial charge >= 0.3 is 0 Å². The van der Waals surface area contributed by atoms with Crippen molar-refractivity contribution in [3.05, 3.63) is 48.1 Å². The third-order valence-corrected chi connectivity index (χ3v) is 3.18. The van der Waals surface area contributed by atoms with Crippen LogP contribution in [0.4, 0.5) is 0 Å². The Hall–Kier alpha value is -2.34. The van der Waals surface area contributed by atoms with Gasteiger partial charge in [0.2, 0.25) is 0 Å². The number of aryl methyl sites for hydroxylation is 1. The second-order valence-electron chi connectivity index (χ2n) is 4.77. The van der Waals surface area contributed by atoms with Crippen LogP contribution in [-0.2, 0) is 13.6 Å². The average molecular weight is 271 g/mol. The summed E-state index contributed by atoms with van der Waals surface area (Å²) in [4.78, 5) is 0. The lowest BCUT2D eigenvalue weighted by atomic mass is 10.2. The van der Waals surface area contributed by atoms with E-state index in [1.165, 1.54) is 0 Å². The molecule has 0 aliphatic heterocycles. The molecule has 6 nitrogen and oxygen atoms in total. The molecule has 0 bridgehead atoms. The molecule has 0 aromatic carbocycles. The SMILES string of the molecule is CC(NCc1cc(-c2ccco2)n[nH]1)c1ccn(C)n1. The van der Waals surface area contributed by atoms with Crippen LogP contribution < -0.4 is 5.32 Å². The normalized spacial score (nSPS) is 12.7. The molecule has 1 atom stereocenters. The first kappa shape index (κ1) is 12.7. The third-order valence-electron chi connectivity index (χ3n) is 3.18. The zero-order chi connectivity index (χ0) is 13.9. The summed E-state index contributed by atoms with van der Waals surface area (Å²) in [6.07, 6.45) is 3.59. The first-order chi connectivity index (χ1) is 9.72. The van der Waals surface area contributed by atoms with E-state index < -0.39 is 0 Å². The minimum Gasteiger partial charge on any atom is -0.463 e. The van der Waals surface area contributed by atoms with Gasteiger partial charge in [0.1, 0.15) is 5.69 Å². The molecule has 0 aliphatic rings. The molecule has 3 rings (SSSR count). The highest BCUT2D eigenvalue weighted by Crippen LogP contribution is 2.18. The molecule has 0 saturated carbocycles. The van der Waals surface area contributed by atoms with Crippen LogP contribution in [0.2, 0.25) is 0 Å². The third kappa shape index (κ3) is 2.65. The van der Waals surface area contributed by atoms with Crippen LogP contribution in [0.1, 0.15) is 24.4 Å². The second-order valence-corrected chi connectivity index (χ2v) is 4.77. The molecule has 0 spiro atoms. The fraction of sp³-hybridized carbons (Fsp3) is 0.286. The maximum absolute atomic E-state index is 5.31. The van der Waals surface area contributed by atoms with Gasteiger partial charge in [0.05, 0.1) is 12.0 Å². The number of hydrogen-bond acceptors (Lipinski definition) is 4. The average Bonchev–Trinajstić information content (AvgIpc) is 3.16. The minimum absolute atomic E-state index is 0.187. The Kier molecular flexibility index (Phi) is 3.39. The van der Waals surface area contributed by atoms with E-state index in [1.807, 2.05) is 37.5 Å². The summed E-state index contributed by atoms with van der Waals surface area (Å²) in [6.45, 7) is 2.79. The van der Waals surface area contributed by atoms with Crippen LogP contribution in [0.15, 0.2) is 41.1 Å². The molecule has 0 radical (unpaired) electrons. The number of nitrogens with one attached hydrogen (secondary N) is 2. The Bertz CT molecular complexity index is 667. The van der Waals surface area contributed by atoms with E-state index in [2.05, 4.69) is 27.5 Å². The van der Waals surface area contributed by atoms with Crippen LogP contribution in [0, 0.1) is 0 Å². The van der Waals surface area contributed by atoms with Crippen LogP contribution in [0.5, 0.6) is 0 Å². The van der Waals surface area contributed by atoms with E-state index in [1.54, 1.807) is 10.9 Å². The maximum Gasteiger partial charge on any atom is 0.154 e. The largest absolute Gasteiger partial charge is 0.463 e. The molecule has 3 heterocycles. The van der Waals surface area contributed by atoms with Crippen molar-refractivity contribution in [3.63, 3.8) is 0 Å². The van der Waals surface area contributed by atoms with Crippen molar-refractivity contribution in [2.45, 2.75) is 19.5 Å². The number of aromatic nitrogens is 4. The van der Waals surface area contributed by atoms with Crippen molar-refractivity contribution >= 4 is 0 Å². The van der Waals surface area contributed by atoms with E-state index in [0.29, 0.717) is 6.54 Å². The molecule has 20 heavy (non-hydrogen) atoms. The Morgan fingerprint density at radius 2 is 2.35 bits per heavy atom. The molecule has 104 valence electrons. The minimum atomic E-state index is 0.187. The van der Waals surface area contributed by atoms with Gasteiger partial charge in [0, 0.05) is 31.5 Å². The lowest BCUT2D eigenvalue weighted by Gasteiger charge is -2.09. The predicted molar refractivity (Wildman–Crippen MR) is 74.8 cm³/mol. The van der Waals surface area contributed by atoms with Crippen molar-refractivity contribution in [2.75, 3.05) is 0 Å². The molecule has 0 saturated heterocycles. The van der Waals surface area contributed by atoms with Crippen LogP contribution in [0.3, 0.4) is 0 Å².